The van der Waals surface area contributed by atoms with E-state index in [0.29, 0.717) is 76.3 Å². The molecule has 0 radical (unpaired) electrons. The second-order valence-corrected chi connectivity index (χ2v) is 9.24. The number of ether oxygens (including phenoxy) is 1. The van der Waals surface area contributed by atoms with Gasteiger partial charge in [-0.1, -0.05) is 6.92 Å². The maximum absolute atomic E-state index is 13.1. The van der Waals surface area contributed by atoms with Crippen LogP contribution in [0.3, 0.4) is 0 Å². The summed E-state index contributed by atoms with van der Waals surface area (Å²) in [5.41, 5.74) is 2.78. The summed E-state index contributed by atoms with van der Waals surface area (Å²) in [5, 5.41) is 0. The van der Waals surface area contributed by atoms with Gasteiger partial charge in [0.1, 0.15) is 5.82 Å². The van der Waals surface area contributed by atoms with Gasteiger partial charge < -0.3 is 9.64 Å². The normalized spacial score (nSPS) is 19.6. The van der Waals surface area contributed by atoms with E-state index in [1.807, 2.05) is 6.92 Å². The van der Waals surface area contributed by atoms with Crippen molar-refractivity contribution in [3.63, 3.8) is 0 Å². The van der Waals surface area contributed by atoms with E-state index in [-0.39, 0.29) is 35.6 Å². The molecule has 0 saturated carbocycles. The van der Waals surface area contributed by atoms with Gasteiger partial charge in [0.15, 0.2) is 11.6 Å². The van der Waals surface area contributed by atoms with Gasteiger partial charge in [-0.15, -0.1) is 0 Å². The molecule has 7 nitrogen and oxygen atoms in total. The lowest BCUT2D eigenvalue weighted by molar-refractivity contribution is -0.132. The number of benzene rings is 1. The molecule has 3 heterocycles. The number of likely N-dealkylation sites (tertiary alicyclic amines) is 1. The summed E-state index contributed by atoms with van der Waals surface area (Å²) >= 11 is 0. The molecule has 1 aromatic carbocycles. The molecule has 8 heteroatoms. The second-order valence-electron chi connectivity index (χ2n) is 9.24. The molecule has 0 bridgehead atoms. The van der Waals surface area contributed by atoms with E-state index in [1.54, 1.807) is 4.90 Å². The molecule has 0 unspecified atom stereocenters. The Balaban J connectivity index is 1.31. The molecule has 34 heavy (non-hydrogen) atoms. The SMILES string of the molecule is CCCN(CC1=NC2=C(COCC2)C(=O)C1)C(=O)CN1CCC(C(=O)c2ccc(F)cc2)CC1. The summed E-state index contributed by atoms with van der Waals surface area (Å²) in [6.45, 7) is 5.54. The van der Waals surface area contributed by atoms with E-state index < -0.39 is 0 Å². The van der Waals surface area contributed by atoms with Crippen LogP contribution in [0.5, 0.6) is 0 Å². The number of hydrogen-bond donors (Lipinski definition) is 0. The summed E-state index contributed by atoms with van der Waals surface area (Å²) in [7, 11) is 0. The number of piperidine rings is 1. The number of amides is 1. The minimum absolute atomic E-state index is 0.0204. The van der Waals surface area contributed by atoms with E-state index in [0.717, 1.165) is 17.8 Å². The lowest BCUT2D eigenvalue weighted by atomic mass is 9.89. The maximum atomic E-state index is 13.1. The van der Waals surface area contributed by atoms with Crippen LogP contribution in [0.1, 0.15) is 49.4 Å². The van der Waals surface area contributed by atoms with E-state index in [9.17, 15) is 18.8 Å². The predicted molar refractivity (Wildman–Crippen MR) is 126 cm³/mol. The van der Waals surface area contributed by atoms with Crippen molar-refractivity contribution in [2.75, 3.05) is 45.9 Å². The first kappa shape index (κ1) is 24.4. The first-order valence-corrected chi connectivity index (χ1v) is 12.1. The summed E-state index contributed by atoms with van der Waals surface area (Å²) in [6.07, 6.45) is 3.06. The highest BCUT2D eigenvalue weighted by Gasteiger charge is 2.30. The Labute approximate surface area is 199 Å². The lowest BCUT2D eigenvalue weighted by Gasteiger charge is -2.33. The van der Waals surface area contributed by atoms with Crippen LogP contribution < -0.4 is 0 Å². The number of aliphatic imine (C=N–C) groups is 1. The molecule has 0 aliphatic carbocycles. The molecule has 4 rings (SSSR count). The van der Waals surface area contributed by atoms with Crippen molar-refractivity contribution in [3.05, 3.63) is 46.9 Å². The topological polar surface area (TPSA) is 79.3 Å². The third kappa shape index (κ3) is 5.85. The smallest absolute Gasteiger partial charge is 0.237 e. The average molecular weight is 470 g/mol. The average Bonchev–Trinajstić information content (AvgIpc) is 2.84. The van der Waals surface area contributed by atoms with Gasteiger partial charge in [-0.3, -0.25) is 24.3 Å². The third-order valence-corrected chi connectivity index (χ3v) is 6.74. The molecule has 0 aromatic heterocycles. The molecular formula is C26H32FN3O4. The third-order valence-electron chi connectivity index (χ3n) is 6.74. The highest BCUT2D eigenvalue weighted by Crippen LogP contribution is 2.25. The lowest BCUT2D eigenvalue weighted by Crippen LogP contribution is -2.46. The second kappa shape index (κ2) is 11.1. The summed E-state index contributed by atoms with van der Waals surface area (Å²) < 4.78 is 18.5. The first-order valence-electron chi connectivity index (χ1n) is 12.1. The zero-order valence-electron chi connectivity index (χ0n) is 19.7. The molecule has 3 aliphatic rings. The number of carbonyl (C=O) groups is 3. The number of nitrogens with zero attached hydrogens (tertiary/aromatic N) is 3. The quantitative estimate of drug-likeness (QED) is 0.547. The van der Waals surface area contributed by atoms with Gasteiger partial charge in [0.2, 0.25) is 5.91 Å². The van der Waals surface area contributed by atoms with Gasteiger partial charge in [-0.2, -0.15) is 0 Å². The van der Waals surface area contributed by atoms with Crippen LogP contribution >= 0.6 is 0 Å². The number of rotatable bonds is 8. The van der Waals surface area contributed by atoms with Crippen molar-refractivity contribution in [3.8, 4) is 0 Å². The minimum atomic E-state index is -0.352. The number of hydrogen-bond acceptors (Lipinski definition) is 6. The number of halogens is 1. The molecule has 182 valence electrons. The van der Waals surface area contributed by atoms with Gasteiger partial charge in [0, 0.05) is 35.7 Å². The van der Waals surface area contributed by atoms with Crippen LogP contribution in [-0.4, -0.2) is 78.9 Å². The Morgan fingerprint density at radius 2 is 1.94 bits per heavy atom. The van der Waals surface area contributed by atoms with Gasteiger partial charge in [-0.25, -0.2) is 4.39 Å². The number of ketones is 2. The van der Waals surface area contributed by atoms with E-state index in [1.165, 1.54) is 24.3 Å². The fraction of sp³-hybridized carbons (Fsp3) is 0.538. The van der Waals surface area contributed by atoms with Crippen molar-refractivity contribution < 1.29 is 23.5 Å². The Hall–Kier alpha value is -2.71. The molecule has 3 aliphatic heterocycles. The monoisotopic (exact) mass is 469 g/mol. The summed E-state index contributed by atoms with van der Waals surface area (Å²) in [6, 6.07) is 5.70. The van der Waals surface area contributed by atoms with E-state index >= 15 is 0 Å². The zero-order chi connectivity index (χ0) is 24.1. The van der Waals surface area contributed by atoms with Crippen molar-refractivity contribution in [2.45, 2.75) is 39.0 Å². The van der Waals surface area contributed by atoms with Gasteiger partial charge >= 0.3 is 0 Å². The molecule has 1 saturated heterocycles. The Morgan fingerprint density at radius 3 is 2.65 bits per heavy atom. The van der Waals surface area contributed by atoms with Gasteiger partial charge in [-0.05, 0) is 56.6 Å². The van der Waals surface area contributed by atoms with E-state index in [4.69, 9.17) is 9.73 Å². The zero-order valence-corrected chi connectivity index (χ0v) is 19.7. The molecule has 0 atom stereocenters. The van der Waals surface area contributed by atoms with Gasteiger partial charge in [0.05, 0.1) is 38.4 Å². The van der Waals surface area contributed by atoms with Crippen molar-refractivity contribution in [2.24, 2.45) is 10.9 Å². The van der Waals surface area contributed by atoms with E-state index in [2.05, 4.69) is 4.90 Å². The van der Waals surface area contributed by atoms with Crippen LogP contribution in [-0.2, 0) is 14.3 Å². The van der Waals surface area contributed by atoms with Crippen molar-refractivity contribution in [1.82, 2.24) is 9.80 Å². The molecular weight excluding hydrogens is 437 g/mol. The van der Waals surface area contributed by atoms with Crippen molar-refractivity contribution >= 4 is 23.2 Å². The fourth-order valence-corrected chi connectivity index (χ4v) is 4.83. The molecule has 1 aromatic rings. The highest BCUT2D eigenvalue weighted by atomic mass is 19.1. The van der Waals surface area contributed by atoms with Crippen LogP contribution in [0.4, 0.5) is 4.39 Å². The standard InChI is InChI=1S/C26H32FN3O4/c1-2-10-30(15-21-14-24(31)22-17-34-13-9-23(22)28-21)25(32)16-29-11-7-19(8-12-29)26(33)18-3-5-20(27)6-4-18/h3-6,19H,2,7-17H2,1H3. The summed E-state index contributed by atoms with van der Waals surface area (Å²) in [5.74, 6) is -0.341. The fourth-order valence-electron chi connectivity index (χ4n) is 4.83. The van der Waals surface area contributed by atoms with Crippen LogP contribution in [0.15, 0.2) is 40.5 Å². The Bertz CT molecular complexity index is 994. The molecule has 0 N–H and O–H groups in total. The van der Waals surface area contributed by atoms with Crippen LogP contribution in [0.25, 0.3) is 0 Å². The molecule has 1 fully saturated rings. The minimum Gasteiger partial charge on any atom is -0.376 e. The highest BCUT2D eigenvalue weighted by molar-refractivity contribution is 6.13. The number of Topliss-reactive ketones (excluding diaryl/α,β-unsaturated/α-hetero) is 2. The Morgan fingerprint density at radius 1 is 1.21 bits per heavy atom. The first-order chi connectivity index (χ1) is 16.4. The predicted octanol–water partition coefficient (Wildman–Crippen LogP) is 3.05. The van der Waals surface area contributed by atoms with Crippen molar-refractivity contribution in [1.29, 1.82) is 0 Å². The molecule has 0 spiro atoms. The maximum Gasteiger partial charge on any atom is 0.237 e. The van der Waals surface area contributed by atoms with Crippen LogP contribution in [0.2, 0.25) is 0 Å². The largest absolute Gasteiger partial charge is 0.376 e. The summed E-state index contributed by atoms with van der Waals surface area (Å²) in [4.78, 5) is 46.9. The van der Waals surface area contributed by atoms with Gasteiger partial charge in [0.25, 0.3) is 0 Å². The molecule has 1 amide bonds. The number of carbonyl (C=O) groups excluding carboxylic acids is 3. The Kier molecular flexibility index (Phi) is 8.00. The van der Waals surface area contributed by atoms with Crippen LogP contribution in [0, 0.1) is 11.7 Å².